The Morgan fingerprint density at radius 3 is 2.61 bits per heavy atom. The standard InChI is InChI=1S/C16H8BrClFNOS2/c17-10-1-6-13(19)9(7-10)8-14-15(21)20(16(22)23-14)12-4-2-11(18)3-5-12/h1-8H/b14-8-. The van der Waals surface area contributed by atoms with Crippen molar-refractivity contribution >= 4 is 73.5 Å². The Bertz CT molecular complexity index is 838. The van der Waals surface area contributed by atoms with E-state index in [9.17, 15) is 9.18 Å². The van der Waals surface area contributed by atoms with Gasteiger partial charge in [-0.1, -0.05) is 51.5 Å². The van der Waals surface area contributed by atoms with Crippen LogP contribution in [0.25, 0.3) is 6.08 Å². The number of rotatable bonds is 2. The Labute approximate surface area is 155 Å². The van der Waals surface area contributed by atoms with E-state index in [0.717, 1.165) is 16.2 Å². The SMILES string of the molecule is O=C1/C(=C/c2cc(Br)ccc2F)SC(=S)N1c1ccc(Cl)cc1. The first kappa shape index (κ1) is 16.6. The number of nitrogens with zero attached hydrogens (tertiary/aromatic N) is 1. The monoisotopic (exact) mass is 427 g/mol. The van der Waals surface area contributed by atoms with Gasteiger partial charge < -0.3 is 0 Å². The predicted octanol–water partition coefficient (Wildman–Crippen LogP) is 5.65. The van der Waals surface area contributed by atoms with Crippen LogP contribution in [0.5, 0.6) is 0 Å². The Hall–Kier alpha value is -1.21. The molecule has 1 fully saturated rings. The molecule has 3 rings (SSSR count). The number of hydrogen-bond acceptors (Lipinski definition) is 3. The van der Waals surface area contributed by atoms with Crippen LogP contribution in [0.2, 0.25) is 5.02 Å². The van der Waals surface area contributed by atoms with Crippen LogP contribution in [-0.2, 0) is 4.79 Å². The van der Waals surface area contributed by atoms with Crippen LogP contribution < -0.4 is 4.90 Å². The zero-order valence-electron chi connectivity index (χ0n) is 11.4. The lowest BCUT2D eigenvalue weighted by Crippen LogP contribution is -2.27. The van der Waals surface area contributed by atoms with Crippen LogP contribution >= 0.6 is 51.5 Å². The van der Waals surface area contributed by atoms with Gasteiger partial charge in [0.15, 0.2) is 4.32 Å². The molecule has 1 aliphatic rings. The van der Waals surface area contributed by atoms with Crippen LogP contribution in [0.4, 0.5) is 10.1 Å². The van der Waals surface area contributed by atoms with Crippen molar-refractivity contribution in [3.63, 3.8) is 0 Å². The first-order valence-electron chi connectivity index (χ1n) is 6.44. The lowest BCUT2D eigenvalue weighted by Gasteiger charge is -2.14. The van der Waals surface area contributed by atoms with Crippen molar-refractivity contribution in [2.24, 2.45) is 0 Å². The molecular weight excluding hydrogens is 421 g/mol. The van der Waals surface area contributed by atoms with Crippen molar-refractivity contribution in [1.29, 1.82) is 0 Å². The molecule has 0 bridgehead atoms. The zero-order chi connectivity index (χ0) is 16.6. The summed E-state index contributed by atoms with van der Waals surface area (Å²) in [5, 5.41) is 0.575. The summed E-state index contributed by atoms with van der Waals surface area (Å²) in [5.74, 6) is -0.674. The smallest absolute Gasteiger partial charge is 0.268 e. The summed E-state index contributed by atoms with van der Waals surface area (Å²) in [4.78, 5) is 14.4. The molecule has 7 heteroatoms. The maximum atomic E-state index is 13.9. The van der Waals surface area contributed by atoms with Gasteiger partial charge in [-0.2, -0.15) is 0 Å². The Balaban J connectivity index is 1.96. The van der Waals surface area contributed by atoms with Crippen LogP contribution in [0.3, 0.4) is 0 Å². The van der Waals surface area contributed by atoms with E-state index in [1.807, 2.05) is 0 Å². The number of thioether (sulfide) groups is 1. The quantitative estimate of drug-likeness (QED) is 0.455. The van der Waals surface area contributed by atoms with Crippen molar-refractivity contribution in [2.75, 3.05) is 4.90 Å². The Morgan fingerprint density at radius 1 is 1.22 bits per heavy atom. The van der Waals surface area contributed by atoms with Crippen molar-refractivity contribution in [3.05, 3.63) is 68.2 Å². The third-order valence-corrected chi connectivity index (χ3v) is 5.17. The van der Waals surface area contributed by atoms with Gasteiger partial charge in [-0.15, -0.1) is 0 Å². The van der Waals surface area contributed by atoms with Gasteiger partial charge >= 0.3 is 0 Å². The van der Waals surface area contributed by atoms with E-state index in [1.54, 1.807) is 36.4 Å². The highest BCUT2D eigenvalue weighted by Crippen LogP contribution is 2.36. The highest BCUT2D eigenvalue weighted by molar-refractivity contribution is 9.10. The second kappa shape index (κ2) is 6.73. The molecule has 0 N–H and O–H groups in total. The van der Waals surface area contributed by atoms with Gasteiger partial charge in [0.2, 0.25) is 0 Å². The molecular formula is C16H8BrClFNOS2. The number of carbonyl (C=O) groups is 1. The highest BCUT2D eigenvalue weighted by atomic mass is 79.9. The van der Waals surface area contributed by atoms with Gasteiger partial charge in [-0.05, 0) is 48.5 Å². The fraction of sp³-hybridized carbons (Fsp3) is 0. The second-order valence-electron chi connectivity index (χ2n) is 4.66. The Kier molecular flexibility index (Phi) is 4.87. The summed E-state index contributed by atoms with van der Waals surface area (Å²) >= 11 is 15.6. The molecule has 0 saturated carbocycles. The molecule has 2 aromatic carbocycles. The molecule has 1 saturated heterocycles. The van der Waals surface area contributed by atoms with E-state index in [-0.39, 0.29) is 5.91 Å². The van der Waals surface area contributed by atoms with Crippen LogP contribution in [0.15, 0.2) is 51.8 Å². The number of amides is 1. The highest BCUT2D eigenvalue weighted by Gasteiger charge is 2.33. The maximum absolute atomic E-state index is 13.9. The molecule has 0 aromatic heterocycles. The minimum absolute atomic E-state index is 0.276. The molecule has 0 atom stereocenters. The lowest BCUT2D eigenvalue weighted by atomic mass is 10.2. The largest absolute Gasteiger partial charge is 0.270 e. The molecule has 1 heterocycles. The van der Waals surface area contributed by atoms with E-state index in [1.165, 1.54) is 17.0 Å². The number of thiocarbonyl (C=S) groups is 1. The first-order valence-corrected chi connectivity index (χ1v) is 8.84. The molecule has 2 nitrogen and oxygen atoms in total. The zero-order valence-corrected chi connectivity index (χ0v) is 15.4. The van der Waals surface area contributed by atoms with Crippen molar-refractivity contribution < 1.29 is 9.18 Å². The number of hydrogen-bond donors (Lipinski definition) is 0. The minimum atomic E-state index is -0.398. The molecule has 2 aromatic rings. The molecule has 0 unspecified atom stereocenters. The van der Waals surface area contributed by atoms with Gasteiger partial charge in [-0.25, -0.2) is 4.39 Å². The molecule has 23 heavy (non-hydrogen) atoms. The van der Waals surface area contributed by atoms with E-state index >= 15 is 0 Å². The minimum Gasteiger partial charge on any atom is -0.268 e. The van der Waals surface area contributed by atoms with Gasteiger partial charge in [0, 0.05) is 15.1 Å². The van der Waals surface area contributed by atoms with E-state index in [2.05, 4.69) is 15.9 Å². The molecule has 116 valence electrons. The fourth-order valence-electron chi connectivity index (χ4n) is 2.05. The van der Waals surface area contributed by atoms with E-state index in [0.29, 0.717) is 25.5 Å². The van der Waals surface area contributed by atoms with Gasteiger partial charge in [-0.3, -0.25) is 9.69 Å². The van der Waals surface area contributed by atoms with Gasteiger partial charge in [0.25, 0.3) is 5.91 Å². The van der Waals surface area contributed by atoms with Crippen molar-refractivity contribution in [3.8, 4) is 0 Å². The third kappa shape index (κ3) is 3.50. The topological polar surface area (TPSA) is 20.3 Å². The van der Waals surface area contributed by atoms with Crippen LogP contribution in [0, 0.1) is 5.82 Å². The second-order valence-corrected chi connectivity index (χ2v) is 7.69. The predicted molar refractivity (Wildman–Crippen MR) is 101 cm³/mol. The maximum Gasteiger partial charge on any atom is 0.270 e. The van der Waals surface area contributed by atoms with Crippen LogP contribution in [0.1, 0.15) is 5.56 Å². The molecule has 0 spiro atoms. The van der Waals surface area contributed by atoms with Crippen molar-refractivity contribution in [1.82, 2.24) is 0 Å². The van der Waals surface area contributed by atoms with Gasteiger partial charge in [0.1, 0.15) is 5.82 Å². The molecule has 0 radical (unpaired) electrons. The van der Waals surface area contributed by atoms with Crippen LogP contribution in [-0.4, -0.2) is 10.2 Å². The normalized spacial score (nSPS) is 16.5. The Morgan fingerprint density at radius 2 is 1.91 bits per heavy atom. The van der Waals surface area contributed by atoms with Gasteiger partial charge in [0.05, 0.1) is 10.6 Å². The summed E-state index contributed by atoms with van der Waals surface area (Å²) in [6, 6.07) is 11.4. The lowest BCUT2D eigenvalue weighted by molar-refractivity contribution is -0.113. The fourth-order valence-corrected chi connectivity index (χ4v) is 3.84. The first-order chi connectivity index (χ1) is 11.0. The van der Waals surface area contributed by atoms with E-state index in [4.69, 9.17) is 23.8 Å². The summed E-state index contributed by atoms with van der Waals surface area (Å²) in [7, 11) is 0. The number of benzene rings is 2. The summed E-state index contributed by atoms with van der Waals surface area (Å²) < 4.78 is 15.0. The number of anilines is 1. The summed E-state index contributed by atoms with van der Waals surface area (Å²) in [6.07, 6.45) is 1.51. The summed E-state index contributed by atoms with van der Waals surface area (Å²) in [5.41, 5.74) is 0.964. The summed E-state index contributed by atoms with van der Waals surface area (Å²) in [6.45, 7) is 0. The third-order valence-electron chi connectivity index (χ3n) is 3.12. The molecule has 1 amide bonds. The molecule has 0 aliphatic carbocycles. The molecule has 1 aliphatic heterocycles. The van der Waals surface area contributed by atoms with Crippen molar-refractivity contribution in [2.45, 2.75) is 0 Å². The average molecular weight is 429 g/mol. The number of halogens is 3. The number of carbonyl (C=O) groups excluding carboxylic acids is 1. The average Bonchev–Trinajstić information content (AvgIpc) is 2.79. The van der Waals surface area contributed by atoms with E-state index < -0.39 is 5.82 Å².